The number of esters is 1. The Morgan fingerprint density at radius 1 is 1.00 bits per heavy atom. The van der Waals surface area contributed by atoms with E-state index in [0.29, 0.717) is 35.0 Å². The van der Waals surface area contributed by atoms with Gasteiger partial charge in [0.2, 0.25) is 5.91 Å². The van der Waals surface area contributed by atoms with Gasteiger partial charge < -0.3 is 20.1 Å². The maximum absolute atomic E-state index is 12.0. The SMILES string of the molecule is CCOc1ccc(NC(=O)CCCC(=O)OCC(=O)Nc2ccc(Br)c(Cl)c2C)cc1. The maximum atomic E-state index is 12.0. The first-order valence-corrected chi connectivity index (χ1v) is 10.9. The second-order valence-electron chi connectivity index (χ2n) is 6.60. The van der Waals surface area contributed by atoms with Crippen LogP contribution in [0.15, 0.2) is 40.9 Å². The molecule has 0 saturated heterocycles. The van der Waals surface area contributed by atoms with Crippen LogP contribution in [0.25, 0.3) is 0 Å². The zero-order valence-corrected chi connectivity index (χ0v) is 19.6. The Bertz CT molecular complexity index is 934. The molecule has 2 N–H and O–H groups in total. The Morgan fingerprint density at radius 3 is 2.39 bits per heavy atom. The molecule has 0 aliphatic rings. The van der Waals surface area contributed by atoms with Gasteiger partial charge in [0.25, 0.3) is 5.91 Å². The van der Waals surface area contributed by atoms with E-state index in [1.165, 1.54) is 0 Å². The van der Waals surface area contributed by atoms with Gasteiger partial charge in [-0.15, -0.1) is 0 Å². The largest absolute Gasteiger partial charge is 0.494 e. The number of anilines is 2. The van der Waals surface area contributed by atoms with Crippen LogP contribution in [0.2, 0.25) is 5.02 Å². The van der Waals surface area contributed by atoms with Gasteiger partial charge >= 0.3 is 5.97 Å². The summed E-state index contributed by atoms with van der Waals surface area (Å²) in [5.41, 5.74) is 1.89. The van der Waals surface area contributed by atoms with Crippen molar-refractivity contribution in [3.8, 4) is 5.75 Å². The van der Waals surface area contributed by atoms with E-state index in [9.17, 15) is 14.4 Å². The van der Waals surface area contributed by atoms with Gasteiger partial charge in [0.1, 0.15) is 5.75 Å². The summed E-state index contributed by atoms with van der Waals surface area (Å²) in [4.78, 5) is 35.8. The molecule has 0 radical (unpaired) electrons. The molecule has 2 aromatic rings. The highest BCUT2D eigenvalue weighted by atomic mass is 79.9. The summed E-state index contributed by atoms with van der Waals surface area (Å²) in [6.45, 7) is 3.83. The van der Waals surface area contributed by atoms with Crippen LogP contribution in [0, 0.1) is 6.92 Å². The molecule has 9 heteroatoms. The molecule has 0 aliphatic carbocycles. The normalized spacial score (nSPS) is 10.3. The highest BCUT2D eigenvalue weighted by Crippen LogP contribution is 2.30. The van der Waals surface area contributed by atoms with Crippen molar-refractivity contribution in [3.63, 3.8) is 0 Å². The summed E-state index contributed by atoms with van der Waals surface area (Å²) >= 11 is 9.44. The molecule has 0 fully saturated rings. The van der Waals surface area contributed by atoms with Crippen LogP contribution < -0.4 is 15.4 Å². The Hall–Kier alpha value is -2.58. The van der Waals surface area contributed by atoms with Crippen LogP contribution in [0.3, 0.4) is 0 Å². The number of carbonyl (C=O) groups is 3. The summed E-state index contributed by atoms with van der Waals surface area (Å²) in [5, 5.41) is 5.90. The van der Waals surface area contributed by atoms with Crippen molar-refractivity contribution in [2.75, 3.05) is 23.8 Å². The number of nitrogens with one attached hydrogen (secondary N) is 2. The van der Waals surface area contributed by atoms with Crippen LogP contribution in [0.1, 0.15) is 31.7 Å². The lowest BCUT2D eigenvalue weighted by Gasteiger charge is -2.11. The monoisotopic (exact) mass is 510 g/mol. The summed E-state index contributed by atoms with van der Waals surface area (Å²) in [6.07, 6.45) is 0.503. The van der Waals surface area contributed by atoms with Crippen LogP contribution in [0.5, 0.6) is 5.75 Å². The first-order chi connectivity index (χ1) is 14.8. The van der Waals surface area contributed by atoms with E-state index < -0.39 is 18.5 Å². The van der Waals surface area contributed by atoms with Gasteiger partial charge in [-0.2, -0.15) is 0 Å². The van der Waals surface area contributed by atoms with E-state index in [0.717, 1.165) is 10.2 Å². The van der Waals surface area contributed by atoms with E-state index in [-0.39, 0.29) is 18.7 Å². The van der Waals surface area contributed by atoms with Gasteiger partial charge in [-0.05, 0) is 78.2 Å². The van der Waals surface area contributed by atoms with E-state index in [1.807, 2.05) is 6.92 Å². The van der Waals surface area contributed by atoms with Crippen molar-refractivity contribution in [1.29, 1.82) is 0 Å². The van der Waals surface area contributed by atoms with E-state index >= 15 is 0 Å². The quantitative estimate of drug-likeness (QED) is 0.433. The standard InChI is InChI=1S/C22H24BrClN2O5/c1-3-30-16-9-7-15(8-10-16)25-19(27)5-4-6-21(29)31-13-20(28)26-18-12-11-17(23)22(24)14(18)2/h7-12H,3-6,13H2,1-2H3,(H,25,27)(H,26,28). The van der Waals surface area contributed by atoms with Gasteiger partial charge in [0.15, 0.2) is 6.61 Å². The smallest absolute Gasteiger partial charge is 0.306 e. The molecule has 2 aromatic carbocycles. The Morgan fingerprint density at radius 2 is 1.71 bits per heavy atom. The van der Waals surface area contributed by atoms with Crippen LogP contribution in [-0.2, 0) is 19.1 Å². The van der Waals surface area contributed by atoms with Crippen LogP contribution >= 0.6 is 27.5 Å². The minimum Gasteiger partial charge on any atom is -0.494 e. The molecule has 7 nitrogen and oxygen atoms in total. The number of rotatable bonds is 10. The van der Waals surface area contributed by atoms with E-state index in [2.05, 4.69) is 26.6 Å². The number of amides is 2. The predicted molar refractivity (Wildman–Crippen MR) is 124 cm³/mol. The maximum Gasteiger partial charge on any atom is 0.306 e. The number of hydrogen-bond acceptors (Lipinski definition) is 5. The minimum absolute atomic E-state index is 0.0348. The number of carbonyl (C=O) groups excluding carboxylic acids is 3. The fourth-order valence-corrected chi connectivity index (χ4v) is 3.20. The fourth-order valence-electron chi connectivity index (χ4n) is 2.61. The molecule has 0 aromatic heterocycles. The van der Waals surface area contributed by atoms with Crippen molar-refractivity contribution in [2.45, 2.75) is 33.1 Å². The molecular formula is C22H24BrClN2O5. The molecule has 0 heterocycles. The highest BCUT2D eigenvalue weighted by molar-refractivity contribution is 9.10. The Kier molecular flexibility index (Phi) is 9.81. The fraction of sp³-hybridized carbons (Fsp3) is 0.318. The molecule has 0 bridgehead atoms. The lowest BCUT2D eigenvalue weighted by Crippen LogP contribution is -2.21. The van der Waals surface area contributed by atoms with Crippen molar-refractivity contribution in [1.82, 2.24) is 0 Å². The second-order valence-corrected chi connectivity index (χ2v) is 7.83. The molecule has 0 unspecified atom stereocenters. The molecule has 0 spiro atoms. The zero-order chi connectivity index (χ0) is 22.8. The lowest BCUT2D eigenvalue weighted by molar-refractivity contribution is -0.147. The third-order valence-electron chi connectivity index (χ3n) is 4.21. The Labute approximate surface area is 194 Å². The van der Waals surface area contributed by atoms with Crippen molar-refractivity contribution >= 4 is 56.7 Å². The van der Waals surface area contributed by atoms with Gasteiger partial charge in [-0.25, -0.2) is 0 Å². The van der Waals surface area contributed by atoms with Crippen molar-refractivity contribution in [2.24, 2.45) is 0 Å². The average Bonchev–Trinajstić information content (AvgIpc) is 2.74. The van der Waals surface area contributed by atoms with Crippen molar-refractivity contribution in [3.05, 3.63) is 51.5 Å². The van der Waals surface area contributed by atoms with Crippen molar-refractivity contribution < 1.29 is 23.9 Å². The molecule has 0 saturated carbocycles. The number of benzene rings is 2. The first kappa shape index (κ1) is 24.7. The van der Waals surface area contributed by atoms with Crippen LogP contribution in [0.4, 0.5) is 11.4 Å². The molecule has 0 atom stereocenters. The summed E-state index contributed by atoms with van der Waals surface area (Å²) in [5.74, 6) is -0.499. The zero-order valence-electron chi connectivity index (χ0n) is 17.3. The molecular weight excluding hydrogens is 488 g/mol. The summed E-state index contributed by atoms with van der Waals surface area (Å²) < 4.78 is 11.0. The molecule has 2 rings (SSSR count). The third-order valence-corrected chi connectivity index (χ3v) is 5.59. The molecule has 0 aliphatic heterocycles. The lowest BCUT2D eigenvalue weighted by atomic mass is 10.2. The number of ether oxygens (including phenoxy) is 2. The van der Waals surface area contributed by atoms with E-state index in [1.54, 1.807) is 43.3 Å². The Balaban J connectivity index is 1.67. The molecule has 166 valence electrons. The van der Waals surface area contributed by atoms with Gasteiger partial charge in [-0.3, -0.25) is 14.4 Å². The van der Waals surface area contributed by atoms with Gasteiger partial charge in [0.05, 0.1) is 11.6 Å². The minimum atomic E-state index is -0.547. The topological polar surface area (TPSA) is 93.7 Å². The predicted octanol–water partition coefficient (Wildman–Crippen LogP) is 5.10. The number of hydrogen-bond donors (Lipinski definition) is 2. The van der Waals surface area contributed by atoms with Gasteiger partial charge in [-0.1, -0.05) is 11.6 Å². The van der Waals surface area contributed by atoms with Crippen LogP contribution in [-0.4, -0.2) is 31.0 Å². The first-order valence-electron chi connectivity index (χ1n) is 9.73. The third kappa shape index (κ3) is 8.22. The summed E-state index contributed by atoms with van der Waals surface area (Å²) in [7, 11) is 0. The average molecular weight is 512 g/mol. The molecule has 2 amide bonds. The highest BCUT2D eigenvalue weighted by Gasteiger charge is 2.12. The molecule has 31 heavy (non-hydrogen) atoms. The summed E-state index contributed by atoms with van der Waals surface area (Å²) in [6, 6.07) is 10.5. The van der Waals surface area contributed by atoms with Gasteiger partial charge in [0, 0.05) is 28.7 Å². The second kappa shape index (κ2) is 12.3. The van der Waals surface area contributed by atoms with E-state index in [4.69, 9.17) is 21.1 Å². The number of halogens is 2.